The molecule has 0 aromatic carbocycles. The number of aliphatic hydroxyl groups excluding tert-OH is 1. The van der Waals surface area contributed by atoms with Crippen LogP contribution in [0.5, 0.6) is 0 Å². The zero-order valence-corrected chi connectivity index (χ0v) is 22.6. The summed E-state index contributed by atoms with van der Waals surface area (Å²) in [5.74, 6) is 2.43. The summed E-state index contributed by atoms with van der Waals surface area (Å²) in [5, 5.41) is 36.8. The lowest BCUT2D eigenvalue weighted by Gasteiger charge is -2.67. The minimum Gasteiger partial charge on any atom is -0.393 e. The molecule has 2 N–H and O–H groups in total. The van der Waals surface area contributed by atoms with E-state index >= 15 is 0 Å². The van der Waals surface area contributed by atoms with E-state index in [9.17, 15) is 15.5 Å². The van der Waals surface area contributed by atoms with Gasteiger partial charge in [0.1, 0.15) is 6.07 Å². The predicted octanol–water partition coefficient (Wildman–Crippen LogP) is 5.94. The number of hydrogen-bond donors (Lipinski definition) is 2. The summed E-state index contributed by atoms with van der Waals surface area (Å²) in [7, 11) is 0. The van der Waals surface area contributed by atoms with Gasteiger partial charge in [-0.05, 0) is 104 Å². The van der Waals surface area contributed by atoms with Crippen LogP contribution in [0.4, 0.5) is 0 Å². The molecule has 0 radical (unpaired) electrons. The second-order valence-electron chi connectivity index (χ2n) is 13.9. The number of hydrogen-bond acceptors (Lipinski definition) is 4. The summed E-state index contributed by atoms with van der Waals surface area (Å²) in [6.45, 7) is 12.9. The molecule has 5 heteroatoms. The number of nitriles is 1. The summed E-state index contributed by atoms with van der Waals surface area (Å²) in [6, 6.07) is 2.19. The molecule has 0 saturated heterocycles. The van der Waals surface area contributed by atoms with Crippen LogP contribution in [0, 0.1) is 57.2 Å². The molecule has 1 aromatic heterocycles. The molecule has 10 atom stereocenters. The van der Waals surface area contributed by atoms with Gasteiger partial charge in [0.05, 0.1) is 23.5 Å². The van der Waals surface area contributed by atoms with Gasteiger partial charge in [0.25, 0.3) is 0 Å². The standard InChI is InChI=1S/C30H47N3O2/c1-6-10-30(35)13-12-27(3)22(14-30)7-8-24-26(27)25(34)15-29(5)23(9-11-28(24,29)4)20(2)18-33-19-21(16-31)17-32-33/h17,19-20,22-26,34-35H,6-15,18H2,1-5H3/t20-,22+,23+,24+,25+,26+,27-,28-,29+,30+/m0/s1. The maximum Gasteiger partial charge on any atom is 0.102 e. The topological polar surface area (TPSA) is 82.1 Å². The van der Waals surface area contributed by atoms with Crippen LogP contribution in [-0.4, -0.2) is 31.7 Å². The fourth-order valence-corrected chi connectivity index (χ4v) is 10.4. The lowest BCUT2D eigenvalue weighted by Crippen LogP contribution is -2.63. The monoisotopic (exact) mass is 481 g/mol. The van der Waals surface area contributed by atoms with Crippen molar-refractivity contribution in [3.63, 3.8) is 0 Å². The van der Waals surface area contributed by atoms with Gasteiger partial charge >= 0.3 is 0 Å². The summed E-state index contributed by atoms with van der Waals surface area (Å²) in [5.41, 5.74) is 0.621. The normalized spacial score (nSPS) is 47.9. The first kappa shape index (κ1) is 25.3. The minimum absolute atomic E-state index is 0.110. The van der Waals surface area contributed by atoms with E-state index in [4.69, 9.17) is 0 Å². The van der Waals surface area contributed by atoms with Gasteiger partial charge in [-0.15, -0.1) is 0 Å². The second kappa shape index (κ2) is 8.59. The molecular weight excluding hydrogens is 434 g/mol. The molecule has 4 fully saturated rings. The van der Waals surface area contributed by atoms with Crippen LogP contribution in [0.3, 0.4) is 0 Å². The van der Waals surface area contributed by atoms with Crippen LogP contribution >= 0.6 is 0 Å². The van der Waals surface area contributed by atoms with Gasteiger partial charge in [0, 0.05) is 12.7 Å². The molecule has 4 saturated carbocycles. The average molecular weight is 482 g/mol. The van der Waals surface area contributed by atoms with E-state index < -0.39 is 5.60 Å². The maximum absolute atomic E-state index is 11.9. The van der Waals surface area contributed by atoms with Gasteiger partial charge in [0.15, 0.2) is 0 Å². The smallest absolute Gasteiger partial charge is 0.102 e. The van der Waals surface area contributed by atoms with Crippen molar-refractivity contribution in [3.8, 4) is 6.07 Å². The first-order chi connectivity index (χ1) is 16.5. The van der Waals surface area contributed by atoms with Gasteiger partial charge in [-0.2, -0.15) is 10.4 Å². The first-order valence-corrected chi connectivity index (χ1v) is 14.3. The Kier molecular flexibility index (Phi) is 6.20. The zero-order chi connectivity index (χ0) is 25.2. The third kappa shape index (κ3) is 3.72. The van der Waals surface area contributed by atoms with Gasteiger partial charge in [0.2, 0.25) is 0 Å². The Bertz CT molecular complexity index is 984. The van der Waals surface area contributed by atoms with Crippen molar-refractivity contribution in [3.05, 3.63) is 18.0 Å². The van der Waals surface area contributed by atoms with Crippen molar-refractivity contribution < 1.29 is 10.2 Å². The number of aliphatic hydroxyl groups is 2. The molecule has 4 aliphatic rings. The number of aromatic nitrogens is 2. The Balaban J connectivity index is 1.39. The summed E-state index contributed by atoms with van der Waals surface area (Å²) >= 11 is 0. The number of rotatable bonds is 5. The van der Waals surface area contributed by atoms with Crippen molar-refractivity contribution >= 4 is 0 Å². The first-order valence-electron chi connectivity index (χ1n) is 14.3. The molecule has 35 heavy (non-hydrogen) atoms. The van der Waals surface area contributed by atoms with Crippen molar-refractivity contribution in [1.82, 2.24) is 9.78 Å². The highest BCUT2D eigenvalue weighted by atomic mass is 16.3. The van der Waals surface area contributed by atoms with E-state index in [2.05, 4.69) is 45.8 Å². The molecule has 5 nitrogen and oxygen atoms in total. The van der Waals surface area contributed by atoms with E-state index in [0.717, 1.165) is 45.1 Å². The highest BCUT2D eigenvalue weighted by molar-refractivity contribution is 5.22. The largest absolute Gasteiger partial charge is 0.393 e. The Morgan fingerprint density at radius 1 is 1.14 bits per heavy atom. The molecule has 0 spiro atoms. The van der Waals surface area contributed by atoms with E-state index in [1.807, 2.05) is 10.9 Å². The van der Waals surface area contributed by atoms with Crippen LogP contribution in [0.1, 0.15) is 104 Å². The second-order valence-corrected chi connectivity index (χ2v) is 13.9. The van der Waals surface area contributed by atoms with E-state index in [-0.39, 0.29) is 22.3 Å². The fraction of sp³-hybridized carbons (Fsp3) is 0.867. The van der Waals surface area contributed by atoms with E-state index in [1.165, 1.54) is 25.7 Å². The van der Waals surface area contributed by atoms with Crippen LogP contribution in [0.15, 0.2) is 12.4 Å². The van der Waals surface area contributed by atoms with Crippen LogP contribution in [-0.2, 0) is 6.54 Å². The molecule has 0 aliphatic heterocycles. The molecule has 194 valence electrons. The van der Waals surface area contributed by atoms with Crippen LogP contribution in [0.2, 0.25) is 0 Å². The zero-order valence-electron chi connectivity index (χ0n) is 22.6. The highest BCUT2D eigenvalue weighted by Gasteiger charge is 2.68. The molecule has 0 amide bonds. The fourth-order valence-electron chi connectivity index (χ4n) is 10.4. The van der Waals surface area contributed by atoms with E-state index in [0.29, 0.717) is 35.2 Å². The SMILES string of the molecule is CCC[C@@]1(O)CC[C@@]2(C)[C@H](CC[C@@H]3[C@@H]2[C@H](O)C[C@]2(C)[C@@H]([C@@H](C)Cn4cc(C#N)cn4)CC[C@@]32C)C1. The molecule has 0 unspecified atom stereocenters. The Hall–Kier alpha value is -1.38. The van der Waals surface area contributed by atoms with Crippen molar-refractivity contribution in [2.75, 3.05) is 0 Å². The molecule has 0 bridgehead atoms. The van der Waals surface area contributed by atoms with Crippen molar-refractivity contribution in [2.24, 2.45) is 45.8 Å². The summed E-state index contributed by atoms with van der Waals surface area (Å²) in [4.78, 5) is 0. The predicted molar refractivity (Wildman–Crippen MR) is 137 cm³/mol. The molecule has 4 aliphatic carbocycles. The minimum atomic E-state index is -0.490. The van der Waals surface area contributed by atoms with Gasteiger partial charge < -0.3 is 10.2 Å². The maximum atomic E-state index is 11.9. The van der Waals surface area contributed by atoms with Crippen molar-refractivity contribution in [2.45, 2.75) is 117 Å². The number of fused-ring (bicyclic) bond motifs is 5. The Labute approximate surface area is 212 Å². The Morgan fingerprint density at radius 2 is 1.91 bits per heavy atom. The molecular formula is C30H47N3O2. The van der Waals surface area contributed by atoms with Gasteiger partial charge in [-0.25, -0.2) is 0 Å². The van der Waals surface area contributed by atoms with Crippen LogP contribution in [0.25, 0.3) is 0 Å². The quantitative estimate of drug-likeness (QED) is 0.545. The van der Waals surface area contributed by atoms with Crippen LogP contribution < -0.4 is 0 Å². The van der Waals surface area contributed by atoms with Gasteiger partial charge in [-0.3, -0.25) is 4.68 Å². The lowest BCUT2D eigenvalue weighted by atomic mass is 9.39. The molecule has 1 heterocycles. The highest BCUT2D eigenvalue weighted by Crippen LogP contribution is 2.73. The summed E-state index contributed by atoms with van der Waals surface area (Å²) in [6.07, 6.45) is 13.8. The third-order valence-corrected chi connectivity index (χ3v) is 12.3. The average Bonchev–Trinajstić information content (AvgIpc) is 3.36. The molecule has 5 rings (SSSR count). The third-order valence-electron chi connectivity index (χ3n) is 12.3. The van der Waals surface area contributed by atoms with Gasteiger partial charge in [-0.1, -0.05) is 41.0 Å². The lowest BCUT2D eigenvalue weighted by molar-refractivity contribution is -0.219. The Morgan fingerprint density at radius 3 is 2.60 bits per heavy atom. The van der Waals surface area contributed by atoms with E-state index in [1.54, 1.807) is 6.20 Å². The number of nitrogens with zero attached hydrogens (tertiary/aromatic N) is 3. The van der Waals surface area contributed by atoms with Crippen molar-refractivity contribution in [1.29, 1.82) is 5.26 Å². The molecule has 1 aromatic rings. The summed E-state index contributed by atoms with van der Waals surface area (Å²) < 4.78 is 1.94.